The average Bonchev–Trinajstić information content (AvgIpc) is 2.98. The molecule has 1 fully saturated rings. The Morgan fingerprint density at radius 1 is 1.26 bits per heavy atom. The number of hydrogen-bond donors (Lipinski definition) is 2. The number of carbonyl (C=O) groups is 1. The van der Waals surface area contributed by atoms with Gasteiger partial charge in [-0.2, -0.15) is 0 Å². The highest BCUT2D eigenvalue weighted by atomic mass is 16.1. The van der Waals surface area contributed by atoms with Crippen molar-refractivity contribution in [3.63, 3.8) is 0 Å². The minimum atomic E-state index is 0.170. The molecule has 0 spiro atoms. The molecule has 102 valence electrons. The van der Waals surface area contributed by atoms with E-state index in [2.05, 4.69) is 29.6 Å². The molecule has 3 heteroatoms. The molecule has 2 aliphatic carbocycles. The molecular weight excluding hydrogens is 236 g/mol. The number of carbonyl (C=O) groups excluding carboxylic acids is 1. The first kappa shape index (κ1) is 12.7. The molecule has 0 heterocycles. The molecule has 3 N–H and O–H groups in total. The molecule has 1 amide bonds. The summed E-state index contributed by atoms with van der Waals surface area (Å²) in [6.07, 6.45) is 6.05. The quantitative estimate of drug-likeness (QED) is 0.874. The lowest BCUT2D eigenvalue weighted by Gasteiger charge is -2.18. The molecule has 1 unspecified atom stereocenters. The molecule has 1 aromatic rings. The summed E-state index contributed by atoms with van der Waals surface area (Å²) in [5, 5.41) is 3.19. The fourth-order valence-electron chi connectivity index (χ4n) is 3.52. The van der Waals surface area contributed by atoms with Crippen LogP contribution in [0.2, 0.25) is 0 Å². The van der Waals surface area contributed by atoms with Gasteiger partial charge in [-0.25, -0.2) is 0 Å². The van der Waals surface area contributed by atoms with Gasteiger partial charge in [-0.3, -0.25) is 4.79 Å². The summed E-state index contributed by atoms with van der Waals surface area (Å²) in [7, 11) is 0. The minimum absolute atomic E-state index is 0.170. The van der Waals surface area contributed by atoms with Crippen molar-refractivity contribution in [3.05, 3.63) is 35.4 Å². The van der Waals surface area contributed by atoms with Crippen molar-refractivity contribution in [2.45, 2.75) is 50.6 Å². The van der Waals surface area contributed by atoms with Crippen molar-refractivity contribution in [2.24, 2.45) is 11.7 Å². The zero-order chi connectivity index (χ0) is 13.2. The summed E-state index contributed by atoms with van der Waals surface area (Å²) in [6.45, 7) is 0. The number of rotatable bonds is 3. The van der Waals surface area contributed by atoms with Crippen molar-refractivity contribution in [1.29, 1.82) is 0 Å². The Bertz CT molecular complexity index is 472. The van der Waals surface area contributed by atoms with Crippen molar-refractivity contribution in [3.8, 4) is 0 Å². The highest BCUT2D eigenvalue weighted by Crippen LogP contribution is 2.31. The monoisotopic (exact) mass is 258 g/mol. The molecule has 0 saturated heterocycles. The summed E-state index contributed by atoms with van der Waals surface area (Å²) in [5.74, 6) is 0.556. The summed E-state index contributed by atoms with van der Waals surface area (Å²) in [5.41, 5.74) is 8.71. The Labute approximate surface area is 114 Å². The Morgan fingerprint density at radius 2 is 2.11 bits per heavy atom. The first-order valence-corrected chi connectivity index (χ1v) is 7.37. The highest BCUT2D eigenvalue weighted by molar-refractivity contribution is 5.77. The van der Waals surface area contributed by atoms with Gasteiger partial charge in [0.15, 0.2) is 0 Å². The van der Waals surface area contributed by atoms with Gasteiger partial charge in [-0.1, -0.05) is 30.7 Å². The number of benzene rings is 1. The largest absolute Gasteiger partial charge is 0.349 e. The third-order valence-corrected chi connectivity index (χ3v) is 4.63. The third-order valence-electron chi connectivity index (χ3n) is 4.63. The number of fused-ring (bicyclic) bond motifs is 1. The van der Waals surface area contributed by atoms with E-state index in [0.29, 0.717) is 12.3 Å². The van der Waals surface area contributed by atoms with Gasteiger partial charge >= 0.3 is 0 Å². The molecule has 1 saturated carbocycles. The maximum absolute atomic E-state index is 12.1. The van der Waals surface area contributed by atoms with Crippen LogP contribution in [-0.4, -0.2) is 11.9 Å². The average molecular weight is 258 g/mol. The number of nitrogens with two attached hydrogens (primary N) is 1. The molecule has 3 atom stereocenters. The molecule has 0 aromatic heterocycles. The minimum Gasteiger partial charge on any atom is -0.349 e. The normalized spacial score (nSPS) is 29.2. The van der Waals surface area contributed by atoms with Crippen molar-refractivity contribution in [1.82, 2.24) is 5.32 Å². The van der Waals surface area contributed by atoms with Crippen LogP contribution < -0.4 is 11.1 Å². The van der Waals surface area contributed by atoms with E-state index in [1.807, 2.05) is 0 Å². The number of hydrogen-bond acceptors (Lipinski definition) is 2. The topological polar surface area (TPSA) is 55.1 Å². The van der Waals surface area contributed by atoms with Crippen LogP contribution in [0.4, 0.5) is 0 Å². The van der Waals surface area contributed by atoms with E-state index in [0.717, 1.165) is 25.7 Å². The predicted octanol–water partition coefficient (Wildman–Crippen LogP) is 2.31. The number of amides is 1. The molecule has 19 heavy (non-hydrogen) atoms. The first-order chi connectivity index (χ1) is 9.24. The first-order valence-electron chi connectivity index (χ1n) is 7.37. The fourth-order valence-corrected chi connectivity index (χ4v) is 3.52. The number of nitrogens with one attached hydrogen (secondary N) is 1. The maximum atomic E-state index is 12.1. The lowest BCUT2D eigenvalue weighted by Crippen LogP contribution is -2.33. The van der Waals surface area contributed by atoms with E-state index in [9.17, 15) is 4.79 Å². The zero-order valence-corrected chi connectivity index (χ0v) is 11.3. The summed E-state index contributed by atoms with van der Waals surface area (Å²) in [4.78, 5) is 12.1. The van der Waals surface area contributed by atoms with E-state index < -0.39 is 0 Å². The van der Waals surface area contributed by atoms with E-state index in [-0.39, 0.29) is 18.0 Å². The molecule has 3 rings (SSSR count). The summed E-state index contributed by atoms with van der Waals surface area (Å²) < 4.78 is 0. The van der Waals surface area contributed by atoms with Gasteiger partial charge in [0.05, 0.1) is 6.04 Å². The van der Waals surface area contributed by atoms with Crippen LogP contribution in [0.3, 0.4) is 0 Å². The Hall–Kier alpha value is -1.35. The van der Waals surface area contributed by atoms with Crippen molar-refractivity contribution >= 4 is 5.91 Å². The van der Waals surface area contributed by atoms with E-state index in [1.54, 1.807) is 0 Å². The van der Waals surface area contributed by atoms with Gasteiger partial charge in [0.2, 0.25) is 5.91 Å². The van der Waals surface area contributed by atoms with Gasteiger partial charge in [-0.05, 0) is 42.7 Å². The second-order valence-electron chi connectivity index (χ2n) is 5.92. The molecular formula is C16H22N2O. The smallest absolute Gasteiger partial charge is 0.220 e. The maximum Gasteiger partial charge on any atom is 0.220 e. The molecule has 0 radical (unpaired) electrons. The van der Waals surface area contributed by atoms with Crippen LogP contribution >= 0.6 is 0 Å². The third kappa shape index (κ3) is 2.66. The SMILES string of the molecule is N[C@@H]1CCC[C@H]1CC(=O)NC1CCc2ccccc21. The highest BCUT2D eigenvalue weighted by Gasteiger charge is 2.28. The summed E-state index contributed by atoms with van der Waals surface area (Å²) >= 11 is 0. The van der Waals surface area contributed by atoms with E-state index in [1.165, 1.54) is 17.5 Å². The Morgan fingerprint density at radius 3 is 2.89 bits per heavy atom. The molecule has 3 nitrogen and oxygen atoms in total. The standard InChI is InChI=1S/C16H22N2O/c17-14-7-3-5-12(14)10-16(19)18-15-9-8-11-4-1-2-6-13(11)15/h1-2,4,6,12,14-15H,3,5,7-10,17H2,(H,18,19)/t12-,14+,15?/m0/s1. The van der Waals surface area contributed by atoms with Gasteiger partial charge in [0.1, 0.15) is 0 Å². The summed E-state index contributed by atoms with van der Waals surface area (Å²) in [6, 6.07) is 8.85. The number of aryl methyl sites for hydroxylation is 1. The molecule has 0 aliphatic heterocycles. The van der Waals surface area contributed by atoms with Crippen molar-refractivity contribution < 1.29 is 4.79 Å². The fraction of sp³-hybridized carbons (Fsp3) is 0.562. The van der Waals surface area contributed by atoms with Crippen LogP contribution in [0, 0.1) is 5.92 Å². The van der Waals surface area contributed by atoms with E-state index in [4.69, 9.17) is 5.73 Å². The zero-order valence-electron chi connectivity index (χ0n) is 11.3. The van der Waals surface area contributed by atoms with Crippen LogP contribution in [0.15, 0.2) is 24.3 Å². The lowest BCUT2D eigenvalue weighted by atomic mass is 9.99. The molecule has 1 aromatic carbocycles. The Balaban J connectivity index is 1.59. The Kier molecular flexibility index (Phi) is 3.56. The molecule has 2 aliphatic rings. The lowest BCUT2D eigenvalue weighted by molar-refractivity contribution is -0.122. The van der Waals surface area contributed by atoms with Crippen LogP contribution in [0.5, 0.6) is 0 Å². The second kappa shape index (κ2) is 5.33. The van der Waals surface area contributed by atoms with Gasteiger partial charge < -0.3 is 11.1 Å². The van der Waals surface area contributed by atoms with Crippen LogP contribution in [0.25, 0.3) is 0 Å². The predicted molar refractivity (Wildman–Crippen MR) is 75.6 cm³/mol. The van der Waals surface area contributed by atoms with E-state index >= 15 is 0 Å². The van der Waals surface area contributed by atoms with Gasteiger partial charge in [0, 0.05) is 12.5 Å². The van der Waals surface area contributed by atoms with Crippen LogP contribution in [-0.2, 0) is 11.2 Å². The molecule has 0 bridgehead atoms. The van der Waals surface area contributed by atoms with Crippen molar-refractivity contribution in [2.75, 3.05) is 0 Å². The van der Waals surface area contributed by atoms with Crippen LogP contribution in [0.1, 0.15) is 49.3 Å². The second-order valence-corrected chi connectivity index (χ2v) is 5.92. The van der Waals surface area contributed by atoms with Gasteiger partial charge in [-0.15, -0.1) is 0 Å². The van der Waals surface area contributed by atoms with Gasteiger partial charge in [0.25, 0.3) is 0 Å².